The maximum Gasteiger partial charge on any atom is 0.319 e. The van der Waals surface area contributed by atoms with E-state index < -0.39 is 0 Å². The number of carbonyl (C=O) groups excluding carboxylic acids is 1. The number of nitrogens with zero attached hydrogens (tertiary/aromatic N) is 2. The van der Waals surface area contributed by atoms with E-state index in [4.69, 9.17) is 10.00 Å². The molecule has 28 heavy (non-hydrogen) atoms. The van der Waals surface area contributed by atoms with E-state index in [0.29, 0.717) is 17.8 Å². The van der Waals surface area contributed by atoms with Crippen LogP contribution >= 0.6 is 0 Å². The van der Waals surface area contributed by atoms with Gasteiger partial charge in [0.15, 0.2) is 0 Å². The SMILES string of the molecule is C[C@@H]1CN(Cc2ccc(CNC(=O)Nc3ccc(C#N)cc3)cc2)C[C@@H](C)O1. The number of nitrogens with one attached hydrogen (secondary N) is 2. The minimum Gasteiger partial charge on any atom is -0.373 e. The van der Waals surface area contributed by atoms with Crippen LogP contribution in [0.1, 0.15) is 30.5 Å². The van der Waals surface area contributed by atoms with E-state index in [9.17, 15) is 4.79 Å². The molecule has 0 saturated carbocycles. The molecule has 0 radical (unpaired) electrons. The fourth-order valence-corrected chi connectivity index (χ4v) is 3.42. The predicted molar refractivity (Wildman–Crippen MR) is 109 cm³/mol. The van der Waals surface area contributed by atoms with Gasteiger partial charge in [-0.2, -0.15) is 5.26 Å². The van der Waals surface area contributed by atoms with E-state index in [1.807, 2.05) is 12.1 Å². The number of carbonyl (C=O) groups is 1. The average molecular weight is 378 g/mol. The quantitative estimate of drug-likeness (QED) is 0.835. The molecule has 1 aliphatic heterocycles. The van der Waals surface area contributed by atoms with Gasteiger partial charge in [-0.05, 0) is 49.2 Å². The number of urea groups is 1. The van der Waals surface area contributed by atoms with E-state index in [2.05, 4.69) is 47.6 Å². The van der Waals surface area contributed by atoms with E-state index in [1.54, 1.807) is 24.3 Å². The third kappa shape index (κ3) is 5.81. The molecule has 0 aromatic heterocycles. The van der Waals surface area contributed by atoms with E-state index >= 15 is 0 Å². The van der Waals surface area contributed by atoms with Gasteiger partial charge in [0.1, 0.15) is 0 Å². The van der Waals surface area contributed by atoms with Gasteiger partial charge in [-0.25, -0.2) is 4.79 Å². The molecule has 0 unspecified atom stereocenters. The smallest absolute Gasteiger partial charge is 0.319 e. The van der Waals surface area contributed by atoms with Gasteiger partial charge in [0.2, 0.25) is 0 Å². The minimum atomic E-state index is -0.273. The lowest BCUT2D eigenvalue weighted by Gasteiger charge is -2.35. The summed E-state index contributed by atoms with van der Waals surface area (Å²) in [6.45, 7) is 7.48. The lowest BCUT2D eigenvalue weighted by molar-refractivity contribution is -0.0704. The van der Waals surface area contributed by atoms with Crippen molar-refractivity contribution >= 4 is 11.7 Å². The topological polar surface area (TPSA) is 77.4 Å². The number of hydrogen-bond acceptors (Lipinski definition) is 4. The summed E-state index contributed by atoms with van der Waals surface area (Å²) >= 11 is 0. The highest BCUT2D eigenvalue weighted by Crippen LogP contribution is 2.15. The summed E-state index contributed by atoms with van der Waals surface area (Å²) in [6, 6.07) is 16.9. The molecule has 2 atom stereocenters. The number of anilines is 1. The molecule has 1 heterocycles. The van der Waals surface area contributed by atoms with Gasteiger partial charge in [-0.15, -0.1) is 0 Å². The van der Waals surface area contributed by atoms with Crippen molar-refractivity contribution in [1.82, 2.24) is 10.2 Å². The minimum absolute atomic E-state index is 0.266. The van der Waals surface area contributed by atoms with Gasteiger partial charge in [0.05, 0.1) is 23.8 Å². The standard InChI is InChI=1S/C22H26N4O2/c1-16-13-26(14-17(2)28-16)15-20-5-3-19(4-6-20)12-24-22(27)25-21-9-7-18(11-23)8-10-21/h3-10,16-17H,12-15H2,1-2H3,(H2,24,25,27)/t16-,17-/m1/s1. The first-order valence-electron chi connectivity index (χ1n) is 9.52. The van der Waals surface area contributed by atoms with Crippen molar-refractivity contribution in [2.45, 2.75) is 39.1 Å². The Morgan fingerprint density at radius 2 is 1.68 bits per heavy atom. The maximum absolute atomic E-state index is 12.0. The van der Waals surface area contributed by atoms with Crippen LogP contribution in [-0.2, 0) is 17.8 Å². The largest absolute Gasteiger partial charge is 0.373 e. The van der Waals surface area contributed by atoms with Crippen molar-refractivity contribution in [1.29, 1.82) is 5.26 Å². The van der Waals surface area contributed by atoms with Crippen molar-refractivity contribution in [3.8, 4) is 6.07 Å². The first-order valence-corrected chi connectivity index (χ1v) is 9.52. The van der Waals surface area contributed by atoms with Crippen molar-refractivity contribution in [3.63, 3.8) is 0 Å². The van der Waals surface area contributed by atoms with E-state index in [1.165, 1.54) is 5.56 Å². The molecule has 0 bridgehead atoms. The molecule has 1 fully saturated rings. The third-order valence-electron chi connectivity index (χ3n) is 4.65. The number of nitriles is 1. The Bertz CT molecular complexity index is 817. The first kappa shape index (κ1) is 19.9. The Balaban J connectivity index is 1.46. The normalized spacial score (nSPS) is 19.6. The lowest BCUT2D eigenvalue weighted by atomic mass is 10.1. The Labute approximate surface area is 166 Å². The summed E-state index contributed by atoms with van der Waals surface area (Å²) in [5, 5.41) is 14.4. The van der Waals surface area contributed by atoms with Crippen molar-refractivity contribution in [2.75, 3.05) is 18.4 Å². The van der Waals surface area contributed by atoms with Crippen LogP contribution < -0.4 is 10.6 Å². The van der Waals surface area contributed by atoms with Gasteiger partial charge >= 0.3 is 6.03 Å². The fraction of sp³-hybridized carbons (Fsp3) is 0.364. The zero-order chi connectivity index (χ0) is 19.9. The Morgan fingerprint density at radius 3 is 2.29 bits per heavy atom. The van der Waals surface area contributed by atoms with Crippen LogP contribution in [0.5, 0.6) is 0 Å². The molecule has 2 aromatic carbocycles. The number of morpholine rings is 1. The predicted octanol–water partition coefficient (Wildman–Crippen LogP) is 3.49. The van der Waals surface area contributed by atoms with Gasteiger partial charge < -0.3 is 15.4 Å². The van der Waals surface area contributed by atoms with Crippen LogP contribution in [0.2, 0.25) is 0 Å². The second kappa shape index (κ2) is 9.36. The summed E-state index contributed by atoms with van der Waals surface area (Å²) in [5.74, 6) is 0. The van der Waals surface area contributed by atoms with Gasteiger partial charge in [-0.3, -0.25) is 4.90 Å². The Hall–Kier alpha value is -2.88. The van der Waals surface area contributed by atoms with E-state index in [-0.39, 0.29) is 18.2 Å². The average Bonchev–Trinajstić information content (AvgIpc) is 2.67. The van der Waals surface area contributed by atoms with E-state index in [0.717, 1.165) is 25.2 Å². The van der Waals surface area contributed by atoms with Gasteiger partial charge in [0.25, 0.3) is 0 Å². The number of ether oxygens (including phenoxy) is 1. The molecule has 1 aliphatic rings. The molecule has 2 amide bonds. The highest BCUT2D eigenvalue weighted by molar-refractivity contribution is 5.89. The molecule has 3 rings (SSSR count). The number of hydrogen-bond donors (Lipinski definition) is 2. The number of benzene rings is 2. The Kier molecular flexibility index (Phi) is 6.64. The van der Waals surface area contributed by atoms with Gasteiger partial charge in [0, 0.05) is 31.9 Å². The molecule has 0 aliphatic carbocycles. The molecular formula is C22H26N4O2. The van der Waals surface area contributed by atoms with Crippen LogP contribution in [0.4, 0.5) is 10.5 Å². The zero-order valence-electron chi connectivity index (χ0n) is 16.3. The molecule has 0 spiro atoms. The third-order valence-corrected chi connectivity index (χ3v) is 4.65. The second-order valence-corrected chi connectivity index (χ2v) is 7.26. The van der Waals surface area contributed by atoms with Crippen LogP contribution in [0.25, 0.3) is 0 Å². The number of amides is 2. The lowest BCUT2D eigenvalue weighted by Crippen LogP contribution is -2.44. The van der Waals surface area contributed by atoms with Crippen molar-refractivity contribution < 1.29 is 9.53 Å². The van der Waals surface area contributed by atoms with Gasteiger partial charge in [-0.1, -0.05) is 24.3 Å². The first-order chi connectivity index (χ1) is 13.5. The Morgan fingerprint density at radius 1 is 1.07 bits per heavy atom. The maximum atomic E-state index is 12.0. The fourth-order valence-electron chi connectivity index (χ4n) is 3.42. The summed E-state index contributed by atoms with van der Waals surface area (Å²) in [4.78, 5) is 14.4. The summed E-state index contributed by atoms with van der Waals surface area (Å²) < 4.78 is 5.78. The molecule has 146 valence electrons. The molecular weight excluding hydrogens is 352 g/mol. The molecule has 2 aromatic rings. The number of rotatable bonds is 5. The summed E-state index contributed by atoms with van der Waals surface area (Å²) in [6.07, 6.45) is 0.531. The highest BCUT2D eigenvalue weighted by atomic mass is 16.5. The summed E-state index contributed by atoms with van der Waals surface area (Å²) in [5.41, 5.74) is 3.52. The monoisotopic (exact) mass is 378 g/mol. The van der Waals surface area contributed by atoms with Crippen LogP contribution in [0, 0.1) is 11.3 Å². The molecule has 6 heteroatoms. The molecule has 6 nitrogen and oxygen atoms in total. The molecule has 1 saturated heterocycles. The molecule has 2 N–H and O–H groups in total. The van der Waals surface area contributed by atoms with Crippen LogP contribution in [-0.4, -0.2) is 36.2 Å². The highest BCUT2D eigenvalue weighted by Gasteiger charge is 2.21. The zero-order valence-corrected chi connectivity index (χ0v) is 16.3. The second-order valence-electron chi connectivity index (χ2n) is 7.26. The van der Waals surface area contributed by atoms with Crippen molar-refractivity contribution in [3.05, 3.63) is 65.2 Å². The van der Waals surface area contributed by atoms with Crippen LogP contribution in [0.3, 0.4) is 0 Å². The summed E-state index contributed by atoms with van der Waals surface area (Å²) in [7, 11) is 0. The van der Waals surface area contributed by atoms with Crippen molar-refractivity contribution in [2.24, 2.45) is 0 Å². The van der Waals surface area contributed by atoms with Crippen LogP contribution in [0.15, 0.2) is 48.5 Å².